The van der Waals surface area contributed by atoms with Crippen LogP contribution in [0.3, 0.4) is 0 Å². The first-order valence-electron chi connectivity index (χ1n) is 2.97. The van der Waals surface area contributed by atoms with Crippen LogP contribution in [0.15, 0.2) is 0 Å². The van der Waals surface area contributed by atoms with Crippen LogP contribution in [0.25, 0.3) is 0 Å². The molecule has 0 atom stereocenters. The summed E-state index contributed by atoms with van der Waals surface area (Å²) in [6, 6.07) is 0. The molecule has 0 aliphatic heterocycles. The van der Waals surface area contributed by atoms with Crippen LogP contribution in [-0.2, 0) is 4.79 Å². The summed E-state index contributed by atoms with van der Waals surface area (Å²) in [5.41, 5.74) is 0. The molecule has 0 radical (unpaired) electrons. The van der Waals surface area contributed by atoms with E-state index >= 15 is 0 Å². The van der Waals surface area contributed by atoms with Crippen molar-refractivity contribution in [1.29, 1.82) is 0 Å². The molecule has 0 aromatic heterocycles. The molecule has 0 aromatic rings. The van der Waals surface area contributed by atoms with E-state index in [0.29, 0.717) is 0 Å². The summed E-state index contributed by atoms with van der Waals surface area (Å²) < 4.78 is 0. The second kappa shape index (κ2) is 17.1. The topological polar surface area (TPSA) is 40.1 Å². The Labute approximate surface area is 98.7 Å². The van der Waals surface area contributed by atoms with Crippen molar-refractivity contribution in [3.8, 4) is 0 Å². The summed E-state index contributed by atoms with van der Waals surface area (Å²) in [6.07, 6.45) is 3.04. The van der Waals surface area contributed by atoms with Gasteiger partial charge in [0.05, 0.1) is 0 Å². The maximum absolute atomic E-state index is 9.76. The summed E-state index contributed by atoms with van der Waals surface area (Å²) in [5, 5.41) is 9.76. The van der Waals surface area contributed by atoms with Gasteiger partial charge in [-0.3, -0.25) is 0 Å². The van der Waals surface area contributed by atoms with Crippen LogP contribution in [-0.4, -0.2) is 31.8 Å². The molecule has 0 amide bonds. The molecular formula is C6H11Cl2InO2. The van der Waals surface area contributed by atoms with E-state index in [1.165, 1.54) is 0 Å². The normalized spacial score (nSPS) is 6.64. The first-order chi connectivity index (χ1) is 3.77. The molecule has 0 heterocycles. The van der Waals surface area contributed by atoms with E-state index < -0.39 is 5.97 Å². The van der Waals surface area contributed by atoms with Crippen LogP contribution in [0.5, 0.6) is 0 Å². The Bertz CT molecular complexity index is 81.0. The number of carboxylic acid groups (broad SMARTS) is 1. The van der Waals surface area contributed by atoms with Crippen LogP contribution in [0.1, 0.15) is 32.6 Å². The zero-order valence-corrected chi connectivity index (χ0v) is 11.3. The van der Waals surface area contributed by atoms with Crippen LogP contribution in [0, 0.1) is 0 Å². The van der Waals surface area contributed by atoms with Crippen molar-refractivity contribution in [2.24, 2.45) is 0 Å². The summed E-state index contributed by atoms with van der Waals surface area (Å²) in [7, 11) is 0. The van der Waals surface area contributed by atoms with Gasteiger partial charge >= 0.3 is 25.8 Å². The van der Waals surface area contributed by atoms with E-state index in [2.05, 4.69) is 0 Å². The molecule has 0 N–H and O–H groups in total. The van der Waals surface area contributed by atoms with E-state index in [-0.39, 0.29) is 57.1 Å². The molecule has 0 bridgehead atoms. The zero-order valence-electron chi connectivity index (χ0n) is 6.48. The third-order valence-electron chi connectivity index (χ3n) is 0.984. The first kappa shape index (κ1) is 22.7. The molecule has 0 aliphatic rings. The molecule has 11 heavy (non-hydrogen) atoms. The van der Waals surface area contributed by atoms with E-state index in [1.807, 2.05) is 6.92 Å². The quantitative estimate of drug-likeness (QED) is 0.485. The smallest absolute Gasteiger partial charge is 1.00 e. The third kappa shape index (κ3) is 24.8. The minimum Gasteiger partial charge on any atom is -1.00 e. The number of aliphatic carboxylic acids is 1. The molecule has 0 spiro atoms. The molecule has 0 saturated carbocycles. The fraction of sp³-hybridized carbons (Fsp3) is 0.833. The number of carbonyl (C=O) groups excluding carboxylic acids is 1. The minimum absolute atomic E-state index is 0. The Balaban J connectivity index is -0.0000000817. The van der Waals surface area contributed by atoms with Crippen LogP contribution in [0.2, 0.25) is 0 Å². The molecule has 5 heteroatoms. The average molecular weight is 301 g/mol. The van der Waals surface area contributed by atoms with Crippen molar-refractivity contribution in [1.82, 2.24) is 0 Å². The monoisotopic (exact) mass is 300 g/mol. The summed E-state index contributed by atoms with van der Waals surface area (Å²) in [5.74, 6) is -0.932. The Hall–Kier alpha value is 0.920. The van der Waals surface area contributed by atoms with Crippen LogP contribution in [0.4, 0.5) is 0 Å². The Morgan fingerprint density at radius 1 is 1.27 bits per heavy atom. The van der Waals surface area contributed by atoms with Crippen molar-refractivity contribution in [2.75, 3.05) is 0 Å². The predicted octanol–water partition coefficient (Wildman–Crippen LogP) is -6.06. The number of carbonyl (C=O) groups is 1. The van der Waals surface area contributed by atoms with Gasteiger partial charge in [-0.2, -0.15) is 0 Å². The van der Waals surface area contributed by atoms with Crippen LogP contribution < -0.4 is 29.9 Å². The van der Waals surface area contributed by atoms with Gasteiger partial charge in [-0.15, -0.1) is 0 Å². The molecule has 0 unspecified atom stereocenters. The van der Waals surface area contributed by atoms with Gasteiger partial charge in [0.25, 0.3) is 0 Å². The molecular weight excluding hydrogens is 290 g/mol. The zero-order chi connectivity index (χ0) is 6.41. The fourth-order valence-electron chi connectivity index (χ4n) is 0.519. The molecule has 64 valence electrons. The third-order valence-corrected chi connectivity index (χ3v) is 0.984. The van der Waals surface area contributed by atoms with E-state index in [9.17, 15) is 9.90 Å². The van der Waals surface area contributed by atoms with Crippen LogP contribution >= 0.6 is 0 Å². The van der Waals surface area contributed by atoms with E-state index in [4.69, 9.17) is 0 Å². The van der Waals surface area contributed by atoms with Gasteiger partial charge in [-0.1, -0.05) is 19.8 Å². The van der Waals surface area contributed by atoms with Gasteiger partial charge in [0, 0.05) is 5.97 Å². The number of carboxylic acids is 1. The second-order valence-electron chi connectivity index (χ2n) is 1.83. The number of rotatable bonds is 4. The number of halogens is 2. The van der Waals surface area contributed by atoms with E-state index in [1.54, 1.807) is 0 Å². The second-order valence-corrected chi connectivity index (χ2v) is 1.83. The largest absolute Gasteiger partial charge is 3.00 e. The molecule has 0 aliphatic carbocycles. The van der Waals surface area contributed by atoms with Crippen molar-refractivity contribution in [3.05, 3.63) is 0 Å². The summed E-state index contributed by atoms with van der Waals surface area (Å²) >= 11 is 0. The van der Waals surface area contributed by atoms with Gasteiger partial charge in [0.15, 0.2) is 0 Å². The Kier molecular flexibility index (Phi) is 35.3. The van der Waals surface area contributed by atoms with Crippen molar-refractivity contribution in [2.45, 2.75) is 32.6 Å². The minimum atomic E-state index is -0.932. The number of unbranched alkanes of at least 4 members (excludes halogenated alkanes) is 2. The Morgan fingerprint density at radius 2 is 1.73 bits per heavy atom. The first-order valence-corrected chi connectivity index (χ1v) is 2.97. The average Bonchev–Trinajstić information content (AvgIpc) is 1.66. The van der Waals surface area contributed by atoms with Crippen molar-refractivity contribution in [3.63, 3.8) is 0 Å². The van der Waals surface area contributed by atoms with Gasteiger partial charge in [0.1, 0.15) is 0 Å². The summed E-state index contributed by atoms with van der Waals surface area (Å²) in [4.78, 5) is 9.76. The predicted molar refractivity (Wildman–Crippen MR) is 34.9 cm³/mol. The summed E-state index contributed by atoms with van der Waals surface area (Å²) in [6.45, 7) is 2.04. The Morgan fingerprint density at radius 3 is 2.00 bits per heavy atom. The van der Waals surface area contributed by atoms with Gasteiger partial charge in [0.2, 0.25) is 0 Å². The molecule has 0 saturated heterocycles. The number of hydrogen-bond donors (Lipinski definition) is 0. The SMILES string of the molecule is CCCCCC(=O)[O-].[Cl-].[Cl-].[In+3]. The molecule has 0 aromatic carbocycles. The van der Waals surface area contributed by atoms with Crippen molar-refractivity contribution >= 4 is 31.8 Å². The maximum atomic E-state index is 9.76. The molecule has 2 nitrogen and oxygen atoms in total. The van der Waals surface area contributed by atoms with Crippen molar-refractivity contribution < 1.29 is 34.7 Å². The van der Waals surface area contributed by atoms with Gasteiger partial charge in [-0.05, 0) is 12.8 Å². The molecule has 0 fully saturated rings. The number of hydrogen-bond acceptors (Lipinski definition) is 2. The standard InChI is InChI=1S/C6H12O2.2ClH.In/c1-2-3-4-5-6(7)8;;;/h2-5H2,1H3,(H,7,8);2*1H;/q;;;+3/p-3. The molecule has 0 rings (SSSR count). The maximum Gasteiger partial charge on any atom is 3.00 e. The fourth-order valence-corrected chi connectivity index (χ4v) is 0.519. The van der Waals surface area contributed by atoms with Gasteiger partial charge in [-0.25, -0.2) is 0 Å². The van der Waals surface area contributed by atoms with Gasteiger partial charge < -0.3 is 34.7 Å². The van der Waals surface area contributed by atoms with E-state index in [0.717, 1.165) is 19.3 Å².